The van der Waals surface area contributed by atoms with Crippen molar-refractivity contribution in [3.8, 4) is 5.75 Å². The van der Waals surface area contributed by atoms with Gasteiger partial charge in [0.05, 0.1) is 34.8 Å². The Morgan fingerprint density at radius 3 is 2.73 bits per heavy atom. The number of ketones is 1. The zero-order chi connectivity index (χ0) is 21.3. The number of aryl methyl sites for hydroxylation is 1. The third kappa shape index (κ3) is 4.04. The van der Waals surface area contributed by atoms with Crippen molar-refractivity contribution in [2.24, 2.45) is 5.92 Å². The summed E-state index contributed by atoms with van der Waals surface area (Å²) in [5, 5.41) is 3.63. The number of thiazole rings is 1. The van der Waals surface area contributed by atoms with E-state index in [1.807, 2.05) is 25.1 Å². The number of amides is 2. The first-order chi connectivity index (χ1) is 14.4. The molecular weight excluding hydrogens is 402 g/mol. The minimum Gasteiger partial charge on any atom is -0.497 e. The molecule has 0 aliphatic carbocycles. The molecule has 0 saturated carbocycles. The summed E-state index contributed by atoms with van der Waals surface area (Å²) in [6.07, 6.45) is 0.122. The van der Waals surface area contributed by atoms with Gasteiger partial charge >= 0.3 is 0 Å². The molecule has 2 aromatic carbocycles. The molecule has 1 unspecified atom stereocenters. The molecule has 1 fully saturated rings. The Kier molecular flexibility index (Phi) is 5.50. The van der Waals surface area contributed by atoms with Crippen LogP contribution in [0.2, 0.25) is 0 Å². The van der Waals surface area contributed by atoms with Crippen LogP contribution >= 0.6 is 11.3 Å². The Morgan fingerprint density at radius 2 is 2.00 bits per heavy atom. The van der Waals surface area contributed by atoms with Crippen molar-refractivity contribution >= 4 is 44.8 Å². The molecule has 7 nitrogen and oxygen atoms in total. The van der Waals surface area contributed by atoms with E-state index >= 15 is 0 Å². The Morgan fingerprint density at radius 1 is 1.23 bits per heavy atom. The first kappa shape index (κ1) is 20.0. The van der Waals surface area contributed by atoms with Crippen molar-refractivity contribution in [2.45, 2.75) is 13.3 Å². The molecule has 0 bridgehead atoms. The third-order valence-corrected chi connectivity index (χ3v) is 6.07. The maximum absolute atomic E-state index is 12.5. The Balaban J connectivity index is 1.37. The van der Waals surface area contributed by atoms with Gasteiger partial charge in [0.2, 0.25) is 11.8 Å². The van der Waals surface area contributed by atoms with E-state index in [2.05, 4.69) is 10.3 Å². The summed E-state index contributed by atoms with van der Waals surface area (Å²) in [4.78, 5) is 43.4. The summed E-state index contributed by atoms with van der Waals surface area (Å²) >= 11 is 1.60. The highest BCUT2D eigenvalue weighted by atomic mass is 32.1. The lowest BCUT2D eigenvalue weighted by atomic mass is 10.1. The van der Waals surface area contributed by atoms with Crippen molar-refractivity contribution in [3.05, 3.63) is 53.0 Å². The van der Waals surface area contributed by atoms with Crippen molar-refractivity contribution in [1.82, 2.24) is 10.3 Å². The standard InChI is InChI=1S/C22H21N3O4S/c1-13-24-18-10-16(5-8-20(18)30-13)25-12-15(9-21(25)27)22(28)23-11-19(26)14-3-6-17(29-2)7-4-14/h3-8,10,15H,9,11-12H2,1-2H3,(H,23,28). The van der Waals surface area contributed by atoms with Gasteiger partial charge in [0.1, 0.15) is 5.75 Å². The number of fused-ring (bicyclic) bond motifs is 1. The van der Waals surface area contributed by atoms with Crippen LogP contribution < -0.4 is 15.0 Å². The fourth-order valence-corrected chi connectivity index (χ4v) is 4.33. The molecule has 30 heavy (non-hydrogen) atoms. The fraction of sp³-hybridized carbons (Fsp3) is 0.273. The predicted molar refractivity (Wildman–Crippen MR) is 115 cm³/mol. The number of nitrogens with one attached hydrogen (secondary N) is 1. The molecule has 154 valence electrons. The van der Waals surface area contributed by atoms with E-state index in [0.29, 0.717) is 11.3 Å². The lowest BCUT2D eigenvalue weighted by Gasteiger charge is -2.16. The number of ether oxygens (including phenoxy) is 1. The summed E-state index contributed by atoms with van der Waals surface area (Å²) in [6.45, 7) is 2.12. The summed E-state index contributed by atoms with van der Waals surface area (Å²) in [7, 11) is 1.55. The number of methoxy groups -OCH3 is 1. The summed E-state index contributed by atoms with van der Waals surface area (Å²) < 4.78 is 6.14. The maximum atomic E-state index is 12.5. The van der Waals surface area contributed by atoms with Gasteiger partial charge in [-0.15, -0.1) is 11.3 Å². The Bertz CT molecular complexity index is 1120. The first-order valence-electron chi connectivity index (χ1n) is 9.57. The summed E-state index contributed by atoms with van der Waals surface area (Å²) in [5.41, 5.74) is 2.08. The number of carbonyl (C=O) groups is 3. The van der Waals surface area contributed by atoms with Gasteiger partial charge in [0, 0.05) is 24.2 Å². The van der Waals surface area contributed by atoms with E-state index in [1.54, 1.807) is 47.6 Å². The van der Waals surface area contributed by atoms with Gasteiger partial charge in [-0.05, 0) is 49.4 Å². The highest BCUT2D eigenvalue weighted by Crippen LogP contribution is 2.30. The molecule has 3 aromatic rings. The molecule has 1 aliphatic heterocycles. The van der Waals surface area contributed by atoms with Crippen LogP contribution in [0.25, 0.3) is 10.2 Å². The molecule has 2 amide bonds. The Hall–Kier alpha value is -3.26. The number of rotatable bonds is 6. The number of hydrogen-bond acceptors (Lipinski definition) is 6. The second-order valence-corrected chi connectivity index (χ2v) is 8.39. The number of benzene rings is 2. The van der Waals surface area contributed by atoms with Crippen LogP contribution in [0.15, 0.2) is 42.5 Å². The van der Waals surface area contributed by atoms with E-state index in [9.17, 15) is 14.4 Å². The van der Waals surface area contributed by atoms with Crippen LogP contribution in [0.3, 0.4) is 0 Å². The molecule has 8 heteroatoms. The zero-order valence-corrected chi connectivity index (χ0v) is 17.5. The fourth-order valence-electron chi connectivity index (χ4n) is 3.52. The van der Waals surface area contributed by atoms with Crippen molar-refractivity contribution in [1.29, 1.82) is 0 Å². The van der Waals surface area contributed by atoms with Crippen LogP contribution in [-0.2, 0) is 9.59 Å². The normalized spacial score (nSPS) is 16.1. The highest BCUT2D eigenvalue weighted by molar-refractivity contribution is 7.18. The zero-order valence-electron chi connectivity index (χ0n) is 16.7. The number of hydrogen-bond donors (Lipinski definition) is 1. The van der Waals surface area contributed by atoms with Crippen molar-refractivity contribution in [2.75, 3.05) is 25.1 Å². The third-order valence-electron chi connectivity index (χ3n) is 5.12. The number of carbonyl (C=O) groups excluding carboxylic acids is 3. The van der Waals surface area contributed by atoms with E-state index in [4.69, 9.17) is 4.74 Å². The van der Waals surface area contributed by atoms with Gasteiger partial charge in [0.15, 0.2) is 5.78 Å². The molecular formula is C22H21N3O4S. The van der Waals surface area contributed by atoms with Gasteiger partial charge in [-0.3, -0.25) is 14.4 Å². The maximum Gasteiger partial charge on any atom is 0.227 e. The predicted octanol–water partition coefficient (Wildman–Crippen LogP) is 2.97. The smallest absolute Gasteiger partial charge is 0.227 e. The molecule has 1 atom stereocenters. The van der Waals surface area contributed by atoms with Crippen LogP contribution in [-0.4, -0.2) is 42.8 Å². The molecule has 2 heterocycles. The van der Waals surface area contributed by atoms with Gasteiger partial charge in [0.25, 0.3) is 0 Å². The minimum absolute atomic E-state index is 0.108. The van der Waals surface area contributed by atoms with Crippen LogP contribution in [0, 0.1) is 12.8 Å². The van der Waals surface area contributed by atoms with Crippen LogP contribution in [0.1, 0.15) is 21.8 Å². The molecule has 1 aliphatic rings. The van der Waals surface area contributed by atoms with E-state index in [1.165, 1.54) is 0 Å². The molecule has 1 N–H and O–H groups in total. The SMILES string of the molecule is COc1ccc(C(=O)CNC(=O)C2CC(=O)N(c3ccc4sc(C)nc4c3)C2)cc1. The monoisotopic (exact) mass is 423 g/mol. The molecule has 1 aromatic heterocycles. The number of aromatic nitrogens is 1. The number of anilines is 1. The quantitative estimate of drug-likeness (QED) is 0.616. The van der Waals surface area contributed by atoms with E-state index in [0.717, 1.165) is 20.9 Å². The van der Waals surface area contributed by atoms with Crippen molar-refractivity contribution in [3.63, 3.8) is 0 Å². The average molecular weight is 423 g/mol. The van der Waals surface area contributed by atoms with Gasteiger partial charge in [-0.25, -0.2) is 4.98 Å². The van der Waals surface area contributed by atoms with Crippen LogP contribution in [0.4, 0.5) is 5.69 Å². The molecule has 4 rings (SSSR count). The van der Waals surface area contributed by atoms with Gasteiger partial charge < -0.3 is 15.0 Å². The topological polar surface area (TPSA) is 88.6 Å². The molecule has 1 saturated heterocycles. The Labute approximate surface area is 177 Å². The summed E-state index contributed by atoms with van der Waals surface area (Å²) in [5.74, 6) is -0.432. The highest BCUT2D eigenvalue weighted by Gasteiger charge is 2.35. The largest absolute Gasteiger partial charge is 0.497 e. The molecule has 0 radical (unpaired) electrons. The van der Waals surface area contributed by atoms with Crippen molar-refractivity contribution < 1.29 is 19.1 Å². The van der Waals surface area contributed by atoms with Gasteiger partial charge in [-0.1, -0.05) is 0 Å². The second-order valence-electron chi connectivity index (χ2n) is 7.16. The summed E-state index contributed by atoms with van der Waals surface area (Å²) in [6, 6.07) is 12.4. The lowest BCUT2D eigenvalue weighted by Crippen LogP contribution is -2.36. The van der Waals surface area contributed by atoms with E-state index in [-0.39, 0.29) is 37.1 Å². The lowest BCUT2D eigenvalue weighted by molar-refractivity contribution is -0.126. The second kappa shape index (κ2) is 8.23. The number of Topliss-reactive ketones (excluding diaryl/α,β-unsaturated/α-hetero) is 1. The minimum atomic E-state index is -0.492. The van der Waals surface area contributed by atoms with E-state index < -0.39 is 5.92 Å². The number of nitrogens with zero attached hydrogens (tertiary/aromatic N) is 2. The molecule has 0 spiro atoms. The van der Waals surface area contributed by atoms with Gasteiger partial charge in [-0.2, -0.15) is 0 Å². The average Bonchev–Trinajstić information content (AvgIpc) is 3.32. The van der Waals surface area contributed by atoms with Crippen LogP contribution in [0.5, 0.6) is 5.75 Å². The first-order valence-corrected chi connectivity index (χ1v) is 10.4.